The summed E-state index contributed by atoms with van der Waals surface area (Å²) in [6, 6.07) is 24.2. The molecule has 38 heavy (non-hydrogen) atoms. The smallest absolute Gasteiger partial charge is 0.355 e. The van der Waals surface area contributed by atoms with E-state index in [1.165, 1.54) is 38.5 Å². The van der Waals surface area contributed by atoms with Gasteiger partial charge in [0.15, 0.2) is 6.23 Å². The number of anilines is 1. The van der Waals surface area contributed by atoms with Gasteiger partial charge < -0.3 is 19.1 Å². The fraction of sp³-hybridized carbons (Fsp3) is 0.172. The molecule has 0 amide bonds. The van der Waals surface area contributed by atoms with Crippen LogP contribution in [0.4, 0.5) is 11.4 Å². The molecule has 0 bridgehead atoms. The number of para-hydroxylation sites is 1. The molecule has 0 unspecified atom stereocenters. The predicted octanol–water partition coefficient (Wildman–Crippen LogP) is 5.20. The van der Waals surface area contributed by atoms with Gasteiger partial charge in [0.2, 0.25) is 0 Å². The summed E-state index contributed by atoms with van der Waals surface area (Å²) in [5, 5.41) is 11.2. The fourth-order valence-electron chi connectivity index (χ4n) is 4.31. The number of rotatable bonds is 7. The third-order valence-electron chi connectivity index (χ3n) is 6.07. The number of esters is 2. The van der Waals surface area contributed by atoms with Crippen LogP contribution in [0, 0.1) is 10.1 Å². The quantitative estimate of drug-likeness (QED) is 0.240. The first kappa shape index (κ1) is 26.3. The highest BCUT2D eigenvalue weighted by molar-refractivity contribution is 6.04. The van der Waals surface area contributed by atoms with Crippen molar-refractivity contribution in [3.05, 3.63) is 123 Å². The molecule has 3 aromatic rings. The molecule has 3 aromatic carbocycles. The van der Waals surface area contributed by atoms with Gasteiger partial charge >= 0.3 is 11.9 Å². The molecule has 1 aliphatic rings. The van der Waals surface area contributed by atoms with Crippen molar-refractivity contribution in [1.29, 1.82) is 0 Å². The van der Waals surface area contributed by atoms with Gasteiger partial charge in [0.05, 0.1) is 19.1 Å². The Balaban J connectivity index is 1.98. The summed E-state index contributed by atoms with van der Waals surface area (Å²) in [7, 11) is 2.43. The summed E-state index contributed by atoms with van der Waals surface area (Å²) < 4.78 is 16.8. The van der Waals surface area contributed by atoms with Crippen molar-refractivity contribution in [2.24, 2.45) is 0 Å². The first-order valence-electron chi connectivity index (χ1n) is 11.7. The largest absolute Gasteiger partial charge is 0.466 e. The Morgan fingerprint density at radius 1 is 0.895 bits per heavy atom. The van der Waals surface area contributed by atoms with Crippen molar-refractivity contribution in [1.82, 2.24) is 0 Å². The Bertz CT molecular complexity index is 1380. The normalized spacial score (nSPS) is 17.7. The van der Waals surface area contributed by atoms with Crippen molar-refractivity contribution in [3.63, 3.8) is 0 Å². The van der Waals surface area contributed by atoms with Gasteiger partial charge in [0.25, 0.3) is 5.69 Å². The molecule has 9 nitrogen and oxygen atoms in total. The average Bonchev–Trinajstić information content (AvgIpc) is 2.96. The maximum atomic E-state index is 13.3. The van der Waals surface area contributed by atoms with E-state index in [2.05, 4.69) is 0 Å². The fourth-order valence-corrected chi connectivity index (χ4v) is 4.31. The van der Waals surface area contributed by atoms with Crippen LogP contribution in [0.5, 0.6) is 0 Å². The van der Waals surface area contributed by atoms with Gasteiger partial charge in [-0.15, -0.1) is 0 Å². The van der Waals surface area contributed by atoms with E-state index in [4.69, 9.17) is 14.2 Å². The van der Waals surface area contributed by atoms with Crippen LogP contribution in [0.3, 0.4) is 0 Å². The van der Waals surface area contributed by atoms with Crippen LogP contribution >= 0.6 is 0 Å². The van der Waals surface area contributed by atoms with Gasteiger partial charge in [-0.25, -0.2) is 9.59 Å². The lowest BCUT2D eigenvalue weighted by Crippen LogP contribution is -2.47. The Hall–Kier alpha value is -4.76. The predicted molar refractivity (Wildman–Crippen MR) is 141 cm³/mol. The zero-order chi connectivity index (χ0) is 27.2. The molecule has 0 aromatic heterocycles. The Morgan fingerprint density at radius 2 is 1.47 bits per heavy atom. The number of carbonyl (C=O) groups excluding carboxylic acids is 2. The minimum Gasteiger partial charge on any atom is -0.466 e. The third kappa shape index (κ3) is 5.33. The first-order chi connectivity index (χ1) is 18.3. The minimum absolute atomic E-state index is 0.0500. The maximum absolute atomic E-state index is 13.3. The van der Waals surface area contributed by atoms with E-state index in [0.29, 0.717) is 11.3 Å². The van der Waals surface area contributed by atoms with Crippen molar-refractivity contribution in [3.8, 4) is 0 Å². The molecule has 0 saturated heterocycles. The number of ether oxygens (including phenoxy) is 3. The second-order valence-electron chi connectivity index (χ2n) is 8.47. The molecule has 2 atom stereocenters. The van der Waals surface area contributed by atoms with Crippen LogP contribution in [0.25, 0.3) is 6.08 Å². The Morgan fingerprint density at radius 3 is 2.03 bits per heavy atom. The van der Waals surface area contributed by atoms with Crippen LogP contribution in [0.2, 0.25) is 0 Å². The van der Waals surface area contributed by atoms with Crippen LogP contribution in [-0.4, -0.2) is 37.3 Å². The highest BCUT2D eigenvalue weighted by atomic mass is 16.6. The lowest BCUT2D eigenvalue weighted by atomic mass is 9.95. The van der Waals surface area contributed by atoms with E-state index < -0.39 is 29.2 Å². The zero-order valence-corrected chi connectivity index (χ0v) is 21.1. The molecule has 4 rings (SSSR count). The van der Waals surface area contributed by atoms with Crippen molar-refractivity contribution in [2.75, 3.05) is 19.1 Å². The molecule has 0 saturated carbocycles. The lowest BCUT2D eigenvalue weighted by molar-refractivity contribution is -0.384. The number of hydrogen-bond acceptors (Lipinski definition) is 8. The van der Waals surface area contributed by atoms with Crippen LogP contribution in [0.15, 0.2) is 102 Å². The topological polar surface area (TPSA) is 108 Å². The van der Waals surface area contributed by atoms with Crippen molar-refractivity contribution >= 4 is 29.4 Å². The highest BCUT2D eigenvalue weighted by Crippen LogP contribution is 2.42. The maximum Gasteiger partial charge on any atom is 0.355 e. The summed E-state index contributed by atoms with van der Waals surface area (Å²) in [5.41, 5.74) is 2.41. The first-order valence-corrected chi connectivity index (χ1v) is 11.7. The van der Waals surface area contributed by atoms with E-state index in [-0.39, 0.29) is 17.0 Å². The summed E-state index contributed by atoms with van der Waals surface area (Å²) >= 11 is 0. The highest BCUT2D eigenvalue weighted by Gasteiger charge is 2.44. The third-order valence-corrected chi connectivity index (χ3v) is 6.07. The number of methoxy groups -OCH3 is 2. The van der Waals surface area contributed by atoms with Crippen molar-refractivity contribution in [2.45, 2.75) is 19.3 Å². The summed E-state index contributed by atoms with van der Waals surface area (Å²) in [5.74, 6) is -1.56. The van der Waals surface area contributed by atoms with Crippen LogP contribution in [0.1, 0.15) is 24.2 Å². The molecule has 9 heteroatoms. The number of nitro benzene ring substituents is 1. The monoisotopic (exact) mass is 514 g/mol. The van der Waals surface area contributed by atoms with E-state index >= 15 is 0 Å². The number of nitrogens with zero attached hydrogens (tertiary/aromatic N) is 2. The molecule has 0 N–H and O–H groups in total. The van der Waals surface area contributed by atoms with Crippen molar-refractivity contribution < 1.29 is 28.7 Å². The number of benzene rings is 3. The average molecular weight is 515 g/mol. The number of carbonyl (C=O) groups is 2. The van der Waals surface area contributed by atoms with E-state index in [9.17, 15) is 19.7 Å². The van der Waals surface area contributed by atoms with Gasteiger partial charge in [-0.3, -0.25) is 10.1 Å². The lowest BCUT2D eigenvalue weighted by Gasteiger charge is -2.42. The molecule has 1 heterocycles. The standard InChI is InChI=1S/C29H26N2O7/c1-19(18-20-10-6-4-7-11-20)27-30(22-12-8-5-9-13-22)25(29(33)37-3)24(28(32)36-2)26(38-27)21-14-16-23(17-15-21)31(34)35/h4-18,26-27H,1-3H3/b19-18+/t26-,27-/m0/s1. The van der Waals surface area contributed by atoms with E-state index in [1.54, 1.807) is 29.2 Å². The van der Waals surface area contributed by atoms with Gasteiger partial charge in [0, 0.05) is 17.8 Å². The van der Waals surface area contributed by atoms with Gasteiger partial charge in [-0.05, 0) is 47.9 Å². The van der Waals surface area contributed by atoms with E-state index in [0.717, 1.165) is 11.1 Å². The zero-order valence-electron chi connectivity index (χ0n) is 21.1. The molecule has 194 valence electrons. The van der Waals surface area contributed by atoms with Gasteiger partial charge in [0.1, 0.15) is 17.4 Å². The molecular formula is C29H26N2O7. The second-order valence-corrected chi connectivity index (χ2v) is 8.47. The summed E-state index contributed by atoms with van der Waals surface area (Å²) in [6.45, 7) is 1.86. The molecule has 0 radical (unpaired) electrons. The Labute approximate surface area is 219 Å². The van der Waals surface area contributed by atoms with Gasteiger partial charge in [-0.2, -0.15) is 0 Å². The summed E-state index contributed by atoms with van der Waals surface area (Å²) in [6.07, 6.45) is -0.00678. The molecule has 0 fully saturated rings. The molecule has 0 aliphatic carbocycles. The summed E-state index contributed by atoms with van der Waals surface area (Å²) in [4.78, 5) is 38.8. The number of hydrogen-bond donors (Lipinski definition) is 0. The van der Waals surface area contributed by atoms with E-state index in [1.807, 2.05) is 49.4 Å². The SMILES string of the molecule is COC(=O)C1=C(C(=O)OC)N(c2ccccc2)[C@H](/C(C)=C/c2ccccc2)O[C@H]1c1ccc([N+](=O)[O-])cc1. The van der Waals surface area contributed by atoms with Crippen LogP contribution in [-0.2, 0) is 23.8 Å². The van der Waals surface area contributed by atoms with Gasteiger partial charge in [-0.1, -0.05) is 54.6 Å². The second kappa shape index (κ2) is 11.5. The molecule has 1 aliphatic heterocycles. The minimum atomic E-state index is -1.08. The molecular weight excluding hydrogens is 488 g/mol. The number of non-ortho nitro benzene ring substituents is 1. The Kier molecular flexibility index (Phi) is 7.98. The molecule has 0 spiro atoms. The number of nitro groups is 1. The van der Waals surface area contributed by atoms with Crippen LogP contribution < -0.4 is 4.90 Å².